The second-order valence-electron chi connectivity index (χ2n) is 5.21. The third kappa shape index (κ3) is 2.29. The van der Waals surface area contributed by atoms with E-state index in [4.69, 9.17) is 0 Å². The standard InChI is InChI=1S/C18H14N2/c19-11-17-10-16-8-6-14-2-1-13(3-4-14)5-7-15(17)9-18(16)12-20/h1-4,9-10H,5-8H2. The first-order chi connectivity index (χ1) is 9.80. The maximum atomic E-state index is 9.30. The van der Waals surface area contributed by atoms with Crippen molar-refractivity contribution in [2.75, 3.05) is 0 Å². The number of nitrogens with zero attached hydrogens (tertiary/aromatic N) is 2. The van der Waals surface area contributed by atoms with Crippen LogP contribution >= 0.6 is 0 Å². The molecule has 4 aliphatic carbocycles. The van der Waals surface area contributed by atoms with Crippen LogP contribution in [0.2, 0.25) is 0 Å². The van der Waals surface area contributed by atoms with Crippen molar-refractivity contribution in [3.63, 3.8) is 0 Å². The number of hydrogen-bond acceptors (Lipinski definition) is 2. The zero-order valence-corrected chi connectivity index (χ0v) is 11.2. The number of benzene rings is 2. The van der Waals surface area contributed by atoms with Crippen molar-refractivity contribution >= 4 is 0 Å². The lowest BCUT2D eigenvalue weighted by Crippen LogP contribution is -2.03. The molecule has 0 N–H and O–H groups in total. The van der Waals surface area contributed by atoms with Crippen LogP contribution < -0.4 is 0 Å². The number of aryl methyl sites for hydroxylation is 4. The molecule has 0 saturated carbocycles. The van der Waals surface area contributed by atoms with Crippen LogP contribution in [0.1, 0.15) is 33.4 Å². The Bertz CT molecular complexity index is 663. The van der Waals surface area contributed by atoms with E-state index in [9.17, 15) is 10.5 Å². The van der Waals surface area contributed by atoms with Gasteiger partial charge in [0.15, 0.2) is 0 Å². The maximum absolute atomic E-state index is 9.30. The van der Waals surface area contributed by atoms with E-state index in [-0.39, 0.29) is 0 Å². The van der Waals surface area contributed by atoms with E-state index in [1.165, 1.54) is 11.1 Å². The van der Waals surface area contributed by atoms with Crippen molar-refractivity contribution < 1.29 is 0 Å². The van der Waals surface area contributed by atoms with Crippen molar-refractivity contribution in [1.82, 2.24) is 0 Å². The van der Waals surface area contributed by atoms with E-state index < -0.39 is 0 Å². The Morgan fingerprint density at radius 1 is 0.650 bits per heavy atom. The fraction of sp³-hybridized carbons (Fsp3) is 0.222. The molecule has 0 radical (unpaired) electrons. The van der Waals surface area contributed by atoms with E-state index >= 15 is 0 Å². The Labute approximate surface area is 118 Å². The normalized spacial score (nSPS) is 13.1. The molecule has 96 valence electrons. The van der Waals surface area contributed by atoms with Gasteiger partial charge in [0.2, 0.25) is 0 Å². The minimum absolute atomic E-state index is 0.717. The Morgan fingerprint density at radius 2 is 1.05 bits per heavy atom. The monoisotopic (exact) mass is 258 g/mol. The topological polar surface area (TPSA) is 47.6 Å². The van der Waals surface area contributed by atoms with Gasteiger partial charge in [-0.2, -0.15) is 10.5 Å². The van der Waals surface area contributed by atoms with Crippen LogP contribution in [0.3, 0.4) is 0 Å². The van der Waals surface area contributed by atoms with E-state index in [0.717, 1.165) is 36.8 Å². The van der Waals surface area contributed by atoms with Gasteiger partial charge in [0.05, 0.1) is 23.3 Å². The summed E-state index contributed by atoms with van der Waals surface area (Å²) in [6.07, 6.45) is 3.41. The zero-order valence-electron chi connectivity index (χ0n) is 11.2. The summed E-state index contributed by atoms with van der Waals surface area (Å²) < 4.78 is 0. The second-order valence-corrected chi connectivity index (χ2v) is 5.21. The van der Waals surface area contributed by atoms with E-state index in [1.54, 1.807) is 0 Å². The fourth-order valence-corrected chi connectivity index (χ4v) is 2.74. The molecule has 0 heterocycles. The summed E-state index contributed by atoms with van der Waals surface area (Å²) in [5.74, 6) is 0. The van der Waals surface area contributed by atoms with Crippen molar-refractivity contribution in [1.29, 1.82) is 10.5 Å². The summed E-state index contributed by atoms with van der Waals surface area (Å²) in [7, 11) is 0. The van der Waals surface area contributed by atoms with Crippen LogP contribution in [-0.2, 0) is 25.7 Å². The van der Waals surface area contributed by atoms with Crippen LogP contribution in [0.5, 0.6) is 0 Å². The lowest BCUT2D eigenvalue weighted by atomic mass is 9.91. The van der Waals surface area contributed by atoms with Gasteiger partial charge < -0.3 is 0 Å². The van der Waals surface area contributed by atoms with E-state index in [0.29, 0.717) is 11.1 Å². The van der Waals surface area contributed by atoms with Crippen LogP contribution in [0, 0.1) is 22.7 Å². The van der Waals surface area contributed by atoms with Crippen LogP contribution in [0.15, 0.2) is 36.4 Å². The zero-order chi connectivity index (χ0) is 13.9. The quantitative estimate of drug-likeness (QED) is 0.727. The Balaban J connectivity index is 2.12. The predicted molar refractivity (Wildman–Crippen MR) is 77.1 cm³/mol. The Kier molecular flexibility index (Phi) is 3.23. The molecule has 0 saturated heterocycles. The molecule has 2 heteroatoms. The first-order valence-corrected chi connectivity index (χ1v) is 6.84. The van der Waals surface area contributed by atoms with Gasteiger partial charge in [0, 0.05) is 0 Å². The molecule has 2 nitrogen and oxygen atoms in total. The highest BCUT2D eigenvalue weighted by atomic mass is 14.3. The molecule has 0 fully saturated rings. The van der Waals surface area contributed by atoms with Gasteiger partial charge in [0.25, 0.3) is 0 Å². The predicted octanol–water partition coefficient (Wildman–Crippen LogP) is 3.31. The molecule has 0 spiro atoms. The summed E-state index contributed by atoms with van der Waals surface area (Å²) in [4.78, 5) is 0. The van der Waals surface area contributed by atoms with Gasteiger partial charge in [-0.15, -0.1) is 0 Å². The largest absolute Gasteiger partial charge is 0.192 e. The van der Waals surface area contributed by atoms with Crippen LogP contribution in [-0.4, -0.2) is 0 Å². The van der Waals surface area contributed by atoms with Crippen molar-refractivity contribution in [2.45, 2.75) is 25.7 Å². The van der Waals surface area contributed by atoms with E-state index in [2.05, 4.69) is 36.4 Å². The molecule has 0 aliphatic heterocycles. The summed E-state index contributed by atoms with van der Waals surface area (Å²) >= 11 is 0. The van der Waals surface area contributed by atoms with Gasteiger partial charge in [-0.05, 0) is 60.1 Å². The first kappa shape index (κ1) is 12.5. The highest BCUT2D eigenvalue weighted by molar-refractivity contribution is 5.50. The van der Waals surface area contributed by atoms with Crippen LogP contribution in [0.25, 0.3) is 0 Å². The SMILES string of the molecule is N#Cc1cc2c(C#N)cc1CCc1ccc(cc1)CC2. The van der Waals surface area contributed by atoms with Crippen molar-refractivity contribution in [2.24, 2.45) is 0 Å². The Morgan fingerprint density at radius 3 is 1.40 bits per heavy atom. The van der Waals surface area contributed by atoms with Gasteiger partial charge >= 0.3 is 0 Å². The highest BCUT2D eigenvalue weighted by Crippen LogP contribution is 2.21. The van der Waals surface area contributed by atoms with E-state index in [1.807, 2.05) is 12.1 Å². The Hall–Kier alpha value is -2.58. The maximum Gasteiger partial charge on any atom is 0.0994 e. The van der Waals surface area contributed by atoms with Crippen LogP contribution in [0.4, 0.5) is 0 Å². The third-order valence-corrected chi connectivity index (χ3v) is 3.96. The van der Waals surface area contributed by atoms with Gasteiger partial charge in [0.1, 0.15) is 0 Å². The van der Waals surface area contributed by atoms with Crippen molar-refractivity contribution in [3.05, 3.63) is 69.8 Å². The second kappa shape index (κ2) is 5.19. The van der Waals surface area contributed by atoms with Gasteiger partial charge in [-0.1, -0.05) is 24.3 Å². The lowest BCUT2D eigenvalue weighted by molar-refractivity contribution is 0.914. The molecule has 20 heavy (non-hydrogen) atoms. The minimum atomic E-state index is 0.717. The molecule has 2 aromatic rings. The number of hydrogen-bond donors (Lipinski definition) is 0. The smallest absolute Gasteiger partial charge is 0.0994 e. The number of nitriles is 2. The van der Waals surface area contributed by atoms with Gasteiger partial charge in [-0.25, -0.2) is 0 Å². The molecule has 2 aromatic carbocycles. The molecular formula is C18H14N2. The molecule has 0 atom stereocenters. The average molecular weight is 258 g/mol. The molecule has 6 rings (SSSR count). The number of rotatable bonds is 0. The molecule has 4 bridgehead atoms. The molecule has 0 aromatic heterocycles. The molecular weight excluding hydrogens is 244 g/mol. The summed E-state index contributed by atoms with van der Waals surface area (Å²) in [6.45, 7) is 0. The molecule has 0 unspecified atom stereocenters. The van der Waals surface area contributed by atoms with Crippen molar-refractivity contribution in [3.8, 4) is 12.1 Å². The summed E-state index contributed by atoms with van der Waals surface area (Å²) in [5.41, 5.74) is 5.96. The average Bonchev–Trinajstić information content (AvgIpc) is 2.49. The fourth-order valence-electron chi connectivity index (χ4n) is 2.74. The molecule has 0 amide bonds. The first-order valence-electron chi connectivity index (χ1n) is 6.84. The summed E-state index contributed by atoms with van der Waals surface area (Å²) in [5, 5.41) is 18.6. The highest BCUT2D eigenvalue weighted by Gasteiger charge is 2.11. The summed E-state index contributed by atoms with van der Waals surface area (Å²) in [6, 6.07) is 17.0. The molecule has 4 aliphatic rings. The minimum Gasteiger partial charge on any atom is -0.192 e. The third-order valence-electron chi connectivity index (χ3n) is 3.96. The van der Waals surface area contributed by atoms with Gasteiger partial charge in [-0.3, -0.25) is 0 Å². The lowest BCUT2D eigenvalue weighted by Gasteiger charge is -2.12.